The molecule has 6 nitrogen and oxygen atoms in total. The van der Waals surface area contributed by atoms with Crippen LogP contribution < -0.4 is 4.90 Å². The number of hydrogen-bond acceptors (Lipinski definition) is 5. The van der Waals surface area contributed by atoms with Crippen LogP contribution in [0.5, 0.6) is 0 Å². The summed E-state index contributed by atoms with van der Waals surface area (Å²) in [6.45, 7) is 8.18. The summed E-state index contributed by atoms with van der Waals surface area (Å²) < 4.78 is 11.4. The van der Waals surface area contributed by atoms with E-state index >= 15 is 0 Å². The summed E-state index contributed by atoms with van der Waals surface area (Å²) in [4.78, 5) is 17.9. The molecule has 3 rings (SSSR count). The average molecular weight is 347 g/mol. The Morgan fingerprint density at radius 2 is 2.12 bits per heavy atom. The van der Waals surface area contributed by atoms with Crippen molar-refractivity contribution in [2.24, 2.45) is 5.41 Å². The van der Waals surface area contributed by atoms with E-state index in [-0.39, 0.29) is 35.9 Å². The summed E-state index contributed by atoms with van der Waals surface area (Å²) >= 11 is 5.98. The van der Waals surface area contributed by atoms with Crippen LogP contribution in [0, 0.1) is 5.41 Å². The normalized spacial score (nSPS) is 18.5. The molecule has 1 aromatic heterocycles. The molecule has 0 bridgehead atoms. The minimum atomic E-state index is -1.08. The molecule has 1 atom stereocenters. The zero-order valence-electron chi connectivity index (χ0n) is 13.3. The quantitative estimate of drug-likeness (QED) is 0.843. The van der Waals surface area contributed by atoms with Gasteiger partial charge in [0.15, 0.2) is 5.58 Å². The third-order valence-electron chi connectivity index (χ3n) is 4.05. The molecule has 0 saturated carbocycles. The maximum atomic E-state index is 11.4. The molecule has 1 aromatic carbocycles. The van der Waals surface area contributed by atoms with Gasteiger partial charge in [-0.05, 0) is 11.5 Å². The summed E-state index contributed by atoms with van der Waals surface area (Å²) in [5, 5.41) is 9.65. The van der Waals surface area contributed by atoms with Crippen molar-refractivity contribution in [1.82, 2.24) is 4.98 Å². The van der Waals surface area contributed by atoms with Crippen LogP contribution in [-0.2, 0) is 4.74 Å². The van der Waals surface area contributed by atoms with E-state index in [1.165, 1.54) is 6.07 Å². The number of oxazole rings is 1. The van der Waals surface area contributed by atoms with E-state index in [0.717, 1.165) is 0 Å². The van der Waals surface area contributed by atoms with Crippen LogP contribution >= 0.6 is 11.6 Å². The first kappa shape index (κ1) is 19.1. The molecule has 8 heteroatoms. The SMILES string of the molecule is CC(C)(C)C1COCCN1c1nc2c(C(=O)O)cc(Cl)cc2o1.[LiH]. The maximum absolute atomic E-state index is 11.4. The molecule has 1 saturated heterocycles. The Balaban J connectivity index is 0.00000208. The number of halogens is 1. The van der Waals surface area contributed by atoms with Gasteiger partial charge in [-0.1, -0.05) is 32.4 Å². The van der Waals surface area contributed by atoms with Crippen LogP contribution in [0.3, 0.4) is 0 Å². The fourth-order valence-electron chi connectivity index (χ4n) is 2.82. The summed E-state index contributed by atoms with van der Waals surface area (Å²) in [7, 11) is 0. The predicted octanol–water partition coefficient (Wildman–Crippen LogP) is 2.78. The Morgan fingerprint density at radius 3 is 2.75 bits per heavy atom. The van der Waals surface area contributed by atoms with E-state index < -0.39 is 5.97 Å². The van der Waals surface area contributed by atoms with Crippen molar-refractivity contribution in [3.8, 4) is 0 Å². The van der Waals surface area contributed by atoms with Gasteiger partial charge < -0.3 is 19.2 Å². The molecule has 1 aliphatic heterocycles. The van der Waals surface area contributed by atoms with Crippen LogP contribution in [0.1, 0.15) is 31.1 Å². The summed E-state index contributed by atoms with van der Waals surface area (Å²) in [5.74, 6) is -1.08. The third kappa shape index (κ3) is 3.57. The fraction of sp³-hybridized carbons (Fsp3) is 0.500. The van der Waals surface area contributed by atoms with E-state index in [4.69, 9.17) is 20.8 Å². The van der Waals surface area contributed by atoms with Crippen molar-refractivity contribution in [3.05, 3.63) is 22.7 Å². The molecule has 2 heterocycles. The number of hydrogen-bond donors (Lipinski definition) is 1. The summed E-state index contributed by atoms with van der Waals surface area (Å²) in [6, 6.07) is 3.48. The summed E-state index contributed by atoms with van der Waals surface area (Å²) in [5.41, 5.74) is 0.706. The number of nitrogens with zero attached hydrogens (tertiary/aromatic N) is 2. The molecule has 1 aliphatic rings. The number of ether oxygens (including phenoxy) is 1. The molecule has 2 aromatic rings. The van der Waals surface area contributed by atoms with Crippen molar-refractivity contribution in [2.45, 2.75) is 26.8 Å². The molecule has 1 unspecified atom stereocenters. The number of carboxylic acid groups (broad SMARTS) is 1. The van der Waals surface area contributed by atoms with Crippen molar-refractivity contribution in [2.75, 3.05) is 24.7 Å². The van der Waals surface area contributed by atoms with Gasteiger partial charge in [0, 0.05) is 17.6 Å². The topological polar surface area (TPSA) is 75.8 Å². The first-order valence-electron chi connectivity index (χ1n) is 7.45. The van der Waals surface area contributed by atoms with Gasteiger partial charge in [0.05, 0.1) is 24.8 Å². The van der Waals surface area contributed by atoms with Crippen LogP contribution in [0.15, 0.2) is 16.5 Å². The number of carboxylic acids is 1. The number of anilines is 1. The second kappa shape index (κ2) is 6.97. The van der Waals surface area contributed by atoms with Crippen LogP contribution in [0.4, 0.5) is 6.01 Å². The van der Waals surface area contributed by atoms with Crippen LogP contribution in [-0.4, -0.2) is 60.7 Å². The van der Waals surface area contributed by atoms with Gasteiger partial charge in [-0.3, -0.25) is 0 Å². The van der Waals surface area contributed by atoms with Gasteiger partial charge in [0.1, 0.15) is 5.52 Å². The van der Waals surface area contributed by atoms with Crippen LogP contribution in [0.2, 0.25) is 5.02 Å². The van der Waals surface area contributed by atoms with Crippen LogP contribution in [0.25, 0.3) is 11.1 Å². The number of rotatable bonds is 2. The molecule has 0 radical (unpaired) electrons. The van der Waals surface area contributed by atoms with Gasteiger partial charge in [-0.25, -0.2) is 4.79 Å². The van der Waals surface area contributed by atoms with E-state index in [2.05, 4.69) is 25.8 Å². The van der Waals surface area contributed by atoms with Gasteiger partial charge >= 0.3 is 24.8 Å². The van der Waals surface area contributed by atoms with Crippen molar-refractivity contribution in [1.29, 1.82) is 0 Å². The third-order valence-corrected chi connectivity index (χ3v) is 4.27. The van der Waals surface area contributed by atoms with Crippen molar-refractivity contribution in [3.63, 3.8) is 0 Å². The molecule has 126 valence electrons. The Morgan fingerprint density at radius 1 is 1.42 bits per heavy atom. The minimum absolute atomic E-state index is 0. The predicted molar refractivity (Wildman–Crippen MR) is 94.5 cm³/mol. The second-order valence-electron chi connectivity index (χ2n) is 6.75. The average Bonchev–Trinajstić information content (AvgIpc) is 2.88. The molecule has 0 aliphatic carbocycles. The van der Waals surface area contributed by atoms with Gasteiger partial charge in [0.25, 0.3) is 6.01 Å². The number of aromatic nitrogens is 1. The monoisotopic (exact) mass is 346 g/mol. The Kier molecular flexibility index (Phi) is 5.56. The summed E-state index contributed by atoms with van der Waals surface area (Å²) in [6.07, 6.45) is 0. The van der Waals surface area contributed by atoms with Gasteiger partial charge in [-0.15, -0.1) is 0 Å². The molecule has 24 heavy (non-hydrogen) atoms. The Hall–Kier alpha value is -1.19. The number of benzene rings is 1. The Labute approximate surface area is 157 Å². The van der Waals surface area contributed by atoms with E-state index in [9.17, 15) is 9.90 Å². The standard InChI is InChI=1S/C16H19ClN2O4.Li.H/c1-16(2,3)12-8-22-5-4-19(12)15-18-13-10(14(20)21)6-9(17)7-11(13)23-15;;/h6-7,12H,4-5,8H2,1-3H3,(H,20,21);;. The molecule has 0 amide bonds. The van der Waals surface area contributed by atoms with Gasteiger partial charge in [0.2, 0.25) is 0 Å². The molecular formula is C16H20ClLiN2O4. The number of carbonyl (C=O) groups is 1. The molecule has 0 spiro atoms. The van der Waals surface area contributed by atoms with E-state index in [0.29, 0.717) is 41.9 Å². The van der Waals surface area contributed by atoms with Crippen molar-refractivity contribution >= 4 is 53.5 Å². The zero-order valence-corrected chi connectivity index (χ0v) is 14.1. The molecular weight excluding hydrogens is 327 g/mol. The second-order valence-corrected chi connectivity index (χ2v) is 7.19. The van der Waals surface area contributed by atoms with Crippen molar-refractivity contribution < 1.29 is 19.1 Å². The molecule has 1 N–H and O–H groups in total. The van der Waals surface area contributed by atoms with Gasteiger partial charge in [-0.2, -0.15) is 4.98 Å². The number of fused-ring (bicyclic) bond motifs is 1. The fourth-order valence-corrected chi connectivity index (χ4v) is 3.03. The first-order valence-corrected chi connectivity index (χ1v) is 7.83. The van der Waals surface area contributed by atoms with E-state index in [1.807, 2.05) is 4.90 Å². The molecule has 1 fully saturated rings. The zero-order chi connectivity index (χ0) is 16.8. The Bertz CT molecular complexity index is 756. The first-order chi connectivity index (χ1) is 10.8. The number of aromatic carboxylic acids is 1. The number of morpholine rings is 1. The van der Waals surface area contributed by atoms with E-state index in [1.54, 1.807) is 6.07 Å².